The number of hydrogen-bond acceptors (Lipinski definition) is 4. The van der Waals surface area contributed by atoms with Gasteiger partial charge in [0.15, 0.2) is 0 Å². The molecule has 1 aliphatic rings. The Hall–Kier alpha value is -2.41. The molecule has 0 aliphatic carbocycles. The molecule has 1 aliphatic heterocycles. The predicted octanol–water partition coefficient (Wildman–Crippen LogP) is 1.24. The molecule has 0 fully saturated rings. The summed E-state index contributed by atoms with van der Waals surface area (Å²) in [5.41, 5.74) is 7.78. The minimum absolute atomic E-state index is 0.195. The molecule has 0 saturated carbocycles. The molecule has 2 aromatic rings. The Morgan fingerprint density at radius 1 is 1.52 bits per heavy atom. The van der Waals surface area contributed by atoms with E-state index in [1.165, 1.54) is 10.9 Å². The molecule has 1 amide bonds. The SMILES string of the molecule is Cn1ncc(C(N)=S)c1NC(=O)c1ccc2c(c1)CCO2. The van der Waals surface area contributed by atoms with Crippen LogP contribution in [0, 0.1) is 0 Å². The van der Waals surface area contributed by atoms with Crippen LogP contribution in [0.15, 0.2) is 24.4 Å². The molecule has 1 aromatic carbocycles. The molecule has 0 bridgehead atoms. The third-order valence-electron chi connectivity index (χ3n) is 3.39. The Morgan fingerprint density at radius 2 is 2.33 bits per heavy atom. The van der Waals surface area contributed by atoms with Crippen LogP contribution < -0.4 is 15.8 Å². The minimum Gasteiger partial charge on any atom is -0.493 e. The molecule has 108 valence electrons. The van der Waals surface area contributed by atoms with Crippen molar-refractivity contribution in [3.63, 3.8) is 0 Å². The number of anilines is 1. The van der Waals surface area contributed by atoms with E-state index in [1.807, 2.05) is 12.1 Å². The molecule has 21 heavy (non-hydrogen) atoms. The van der Waals surface area contributed by atoms with E-state index in [-0.39, 0.29) is 10.9 Å². The quantitative estimate of drug-likeness (QED) is 0.834. The molecule has 2 heterocycles. The highest BCUT2D eigenvalue weighted by Gasteiger charge is 2.18. The van der Waals surface area contributed by atoms with Gasteiger partial charge in [-0.05, 0) is 23.8 Å². The summed E-state index contributed by atoms with van der Waals surface area (Å²) in [5.74, 6) is 1.10. The standard InChI is InChI=1S/C14H14N4O2S/c1-18-13(10(7-16-18)12(15)21)17-14(19)9-2-3-11-8(6-9)4-5-20-11/h2-3,6-7H,4-5H2,1H3,(H2,15,21)(H,17,19). The van der Waals surface area contributed by atoms with Gasteiger partial charge in [0.25, 0.3) is 5.91 Å². The van der Waals surface area contributed by atoms with Gasteiger partial charge in [-0.3, -0.25) is 9.48 Å². The molecule has 0 unspecified atom stereocenters. The number of amides is 1. The van der Waals surface area contributed by atoms with Gasteiger partial charge in [-0.15, -0.1) is 0 Å². The van der Waals surface area contributed by atoms with E-state index in [4.69, 9.17) is 22.7 Å². The van der Waals surface area contributed by atoms with Crippen molar-refractivity contribution in [1.29, 1.82) is 0 Å². The molecule has 0 atom stereocenters. The van der Waals surface area contributed by atoms with Crippen molar-refractivity contribution in [2.75, 3.05) is 11.9 Å². The van der Waals surface area contributed by atoms with Gasteiger partial charge in [-0.2, -0.15) is 5.10 Å². The van der Waals surface area contributed by atoms with Crippen LogP contribution in [0.5, 0.6) is 5.75 Å². The van der Waals surface area contributed by atoms with Crippen molar-refractivity contribution in [3.8, 4) is 5.75 Å². The first-order valence-electron chi connectivity index (χ1n) is 6.45. The summed E-state index contributed by atoms with van der Waals surface area (Å²) >= 11 is 4.95. The van der Waals surface area contributed by atoms with Crippen molar-refractivity contribution in [2.45, 2.75) is 6.42 Å². The average molecular weight is 302 g/mol. The molecular formula is C14H14N4O2S. The predicted molar refractivity (Wildman–Crippen MR) is 82.7 cm³/mol. The van der Waals surface area contributed by atoms with Crippen LogP contribution in [0.1, 0.15) is 21.5 Å². The molecule has 3 N–H and O–H groups in total. The zero-order chi connectivity index (χ0) is 15.0. The van der Waals surface area contributed by atoms with Crippen LogP contribution >= 0.6 is 12.2 Å². The topological polar surface area (TPSA) is 82.2 Å². The number of aromatic nitrogens is 2. The lowest BCUT2D eigenvalue weighted by Gasteiger charge is -2.08. The molecular weight excluding hydrogens is 288 g/mol. The maximum absolute atomic E-state index is 12.4. The molecule has 0 spiro atoms. The van der Waals surface area contributed by atoms with Crippen molar-refractivity contribution < 1.29 is 9.53 Å². The summed E-state index contributed by atoms with van der Waals surface area (Å²) in [5, 5.41) is 6.86. The Balaban J connectivity index is 1.87. The average Bonchev–Trinajstić information content (AvgIpc) is 3.05. The number of aryl methyl sites for hydroxylation is 1. The second-order valence-corrected chi connectivity index (χ2v) is 5.21. The first kappa shape index (κ1) is 13.6. The van der Waals surface area contributed by atoms with Crippen LogP contribution in [0.25, 0.3) is 0 Å². The van der Waals surface area contributed by atoms with Gasteiger partial charge in [0.05, 0.1) is 18.4 Å². The summed E-state index contributed by atoms with van der Waals surface area (Å²) in [6, 6.07) is 5.39. The van der Waals surface area contributed by atoms with E-state index >= 15 is 0 Å². The number of nitrogens with zero attached hydrogens (tertiary/aromatic N) is 2. The van der Waals surface area contributed by atoms with E-state index in [1.54, 1.807) is 13.1 Å². The monoisotopic (exact) mass is 302 g/mol. The van der Waals surface area contributed by atoms with Gasteiger partial charge in [-0.1, -0.05) is 12.2 Å². The number of ether oxygens (including phenoxy) is 1. The van der Waals surface area contributed by atoms with Crippen LogP contribution in [0.4, 0.5) is 5.82 Å². The molecule has 0 saturated heterocycles. The third-order valence-corrected chi connectivity index (χ3v) is 3.61. The van der Waals surface area contributed by atoms with E-state index < -0.39 is 0 Å². The lowest BCUT2D eigenvalue weighted by Crippen LogP contribution is -2.18. The number of rotatable bonds is 3. The Morgan fingerprint density at radius 3 is 3.10 bits per heavy atom. The molecule has 6 nitrogen and oxygen atoms in total. The number of nitrogens with one attached hydrogen (secondary N) is 1. The highest BCUT2D eigenvalue weighted by atomic mass is 32.1. The highest BCUT2D eigenvalue weighted by molar-refractivity contribution is 7.80. The van der Waals surface area contributed by atoms with Crippen LogP contribution in [-0.4, -0.2) is 27.3 Å². The normalized spacial score (nSPS) is 12.6. The van der Waals surface area contributed by atoms with E-state index in [9.17, 15) is 4.79 Å². The number of thiocarbonyl (C=S) groups is 1. The van der Waals surface area contributed by atoms with E-state index in [2.05, 4.69) is 10.4 Å². The maximum atomic E-state index is 12.4. The fourth-order valence-electron chi connectivity index (χ4n) is 2.27. The number of carbonyl (C=O) groups is 1. The molecule has 7 heteroatoms. The number of hydrogen-bond donors (Lipinski definition) is 2. The van der Waals surface area contributed by atoms with Gasteiger partial charge < -0.3 is 15.8 Å². The minimum atomic E-state index is -0.231. The molecule has 0 radical (unpaired) electrons. The summed E-state index contributed by atoms with van der Waals surface area (Å²) in [6.07, 6.45) is 2.36. The Bertz CT molecular complexity index is 739. The van der Waals surface area contributed by atoms with Crippen molar-refractivity contribution in [3.05, 3.63) is 41.1 Å². The van der Waals surface area contributed by atoms with Crippen molar-refractivity contribution in [2.24, 2.45) is 12.8 Å². The molecule has 3 rings (SSSR count). The fourth-order valence-corrected chi connectivity index (χ4v) is 2.42. The van der Waals surface area contributed by atoms with Gasteiger partial charge >= 0.3 is 0 Å². The summed E-state index contributed by atoms with van der Waals surface area (Å²) < 4.78 is 6.96. The summed E-state index contributed by atoms with van der Waals surface area (Å²) in [6.45, 7) is 0.660. The largest absolute Gasteiger partial charge is 0.493 e. The van der Waals surface area contributed by atoms with Gasteiger partial charge in [-0.25, -0.2) is 0 Å². The lowest BCUT2D eigenvalue weighted by molar-refractivity contribution is 0.102. The number of fused-ring (bicyclic) bond motifs is 1. The van der Waals surface area contributed by atoms with Gasteiger partial charge in [0, 0.05) is 19.0 Å². The van der Waals surface area contributed by atoms with Crippen molar-refractivity contribution in [1.82, 2.24) is 9.78 Å². The van der Waals surface area contributed by atoms with E-state index in [0.717, 1.165) is 17.7 Å². The van der Waals surface area contributed by atoms with Crippen LogP contribution in [0.3, 0.4) is 0 Å². The Kier molecular flexibility index (Phi) is 3.34. The highest BCUT2D eigenvalue weighted by Crippen LogP contribution is 2.26. The van der Waals surface area contributed by atoms with Gasteiger partial charge in [0.1, 0.15) is 16.6 Å². The Labute approximate surface area is 126 Å². The summed E-state index contributed by atoms with van der Waals surface area (Å²) in [7, 11) is 1.72. The zero-order valence-electron chi connectivity index (χ0n) is 11.4. The van der Waals surface area contributed by atoms with Crippen LogP contribution in [0.2, 0.25) is 0 Å². The van der Waals surface area contributed by atoms with Gasteiger partial charge in [0.2, 0.25) is 0 Å². The second kappa shape index (κ2) is 5.17. The zero-order valence-corrected chi connectivity index (χ0v) is 12.2. The maximum Gasteiger partial charge on any atom is 0.256 e. The number of carbonyl (C=O) groups excluding carboxylic acids is 1. The van der Waals surface area contributed by atoms with Crippen LogP contribution in [-0.2, 0) is 13.5 Å². The molecule has 1 aromatic heterocycles. The lowest BCUT2D eigenvalue weighted by atomic mass is 10.1. The number of benzene rings is 1. The first-order valence-corrected chi connectivity index (χ1v) is 6.86. The third kappa shape index (κ3) is 2.47. The second-order valence-electron chi connectivity index (χ2n) is 4.77. The smallest absolute Gasteiger partial charge is 0.256 e. The van der Waals surface area contributed by atoms with Crippen molar-refractivity contribution >= 4 is 28.9 Å². The fraction of sp³-hybridized carbons (Fsp3) is 0.214. The summed E-state index contributed by atoms with van der Waals surface area (Å²) in [4.78, 5) is 12.6. The van der Waals surface area contributed by atoms with E-state index in [0.29, 0.717) is 23.6 Å². The first-order chi connectivity index (χ1) is 10.1. The number of nitrogens with two attached hydrogens (primary N) is 1.